The lowest BCUT2D eigenvalue weighted by molar-refractivity contribution is -0.141. The highest BCUT2D eigenvalue weighted by molar-refractivity contribution is 5.85. The standard InChI is InChI=1S/C16H21FN2O2/c1-10(2)18-16(21)13-7-8-14(20)19(3)15(13)11-5-4-6-12(17)9-11/h4-6,9-10,13,15H,7-8H2,1-3H3,(H,18,21)/t13-,15+/m0/s1. The van der Waals surface area contributed by atoms with Gasteiger partial charge in [0, 0.05) is 19.5 Å². The van der Waals surface area contributed by atoms with Crippen LogP contribution in [0.2, 0.25) is 0 Å². The van der Waals surface area contributed by atoms with Crippen LogP contribution in [0.3, 0.4) is 0 Å². The highest BCUT2D eigenvalue weighted by Crippen LogP contribution is 2.36. The number of halogens is 1. The predicted molar refractivity (Wildman–Crippen MR) is 77.9 cm³/mol. The maximum absolute atomic E-state index is 13.5. The van der Waals surface area contributed by atoms with Gasteiger partial charge < -0.3 is 10.2 Å². The van der Waals surface area contributed by atoms with E-state index in [4.69, 9.17) is 0 Å². The van der Waals surface area contributed by atoms with Gasteiger partial charge in [0.15, 0.2) is 0 Å². The van der Waals surface area contributed by atoms with E-state index in [1.165, 1.54) is 12.1 Å². The van der Waals surface area contributed by atoms with Crippen LogP contribution >= 0.6 is 0 Å². The van der Waals surface area contributed by atoms with E-state index in [0.717, 1.165) is 0 Å². The normalized spacial score (nSPS) is 22.5. The van der Waals surface area contributed by atoms with Gasteiger partial charge in [-0.1, -0.05) is 12.1 Å². The number of piperidine rings is 1. The summed E-state index contributed by atoms with van der Waals surface area (Å²) < 4.78 is 13.5. The molecule has 0 unspecified atom stereocenters. The van der Waals surface area contributed by atoms with Crippen LogP contribution in [0, 0.1) is 11.7 Å². The van der Waals surface area contributed by atoms with Crippen molar-refractivity contribution in [3.05, 3.63) is 35.6 Å². The summed E-state index contributed by atoms with van der Waals surface area (Å²) in [5.41, 5.74) is 0.662. The van der Waals surface area contributed by atoms with Crippen LogP contribution in [0.25, 0.3) is 0 Å². The molecule has 0 bridgehead atoms. The van der Waals surface area contributed by atoms with E-state index in [0.29, 0.717) is 18.4 Å². The Kier molecular flexibility index (Phi) is 4.60. The van der Waals surface area contributed by atoms with E-state index >= 15 is 0 Å². The zero-order valence-electron chi connectivity index (χ0n) is 12.6. The minimum absolute atomic E-state index is 0.0159. The Morgan fingerprint density at radius 2 is 2.14 bits per heavy atom. The minimum atomic E-state index is -0.416. The third kappa shape index (κ3) is 3.40. The number of hydrogen-bond acceptors (Lipinski definition) is 2. The molecule has 1 fully saturated rings. The van der Waals surface area contributed by atoms with Crippen molar-refractivity contribution in [2.75, 3.05) is 7.05 Å². The molecule has 1 heterocycles. The number of nitrogens with one attached hydrogen (secondary N) is 1. The second-order valence-corrected chi connectivity index (χ2v) is 5.81. The van der Waals surface area contributed by atoms with Gasteiger partial charge in [-0.05, 0) is 38.0 Å². The first kappa shape index (κ1) is 15.5. The van der Waals surface area contributed by atoms with Gasteiger partial charge in [-0.3, -0.25) is 9.59 Å². The molecule has 0 aromatic heterocycles. The Balaban J connectivity index is 2.33. The summed E-state index contributed by atoms with van der Waals surface area (Å²) in [4.78, 5) is 25.9. The van der Waals surface area contributed by atoms with E-state index in [-0.39, 0.29) is 29.6 Å². The zero-order chi connectivity index (χ0) is 15.6. The lowest BCUT2D eigenvalue weighted by Crippen LogP contribution is -2.47. The number of hydrogen-bond donors (Lipinski definition) is 1. The molecule has 2 amide bonds. The molecule has 1 aromatic rings. The summed E-state index contributed by atoms with van der Waals surface area (Å²) in [5, 5.41) is 2.89. The first-order valence-corrected chi connectivity index (χ1v) is 7.21. The molecule has 1 aliphatic rings. The molecule has 0 saturated carbocycles. The summed E-state index contributed by atoms with van der Waals surface area (Å²) in [6.07, 6.45) is 0.835. The van der Waals surface area contributed by atoms with Crippen molar-refractivity contribution in [1.29, 1.82) is 0 Å². The summed E-state index contributed by atoms with van der Waals surface area (Å²) in [6, 6.07) is 5.74. The van der Waals surface area contributed by atoms with Crippen molar-refractivity contribution in [2.45, 2.75) is 38.8 Å². The Morgan fingerprint density at radius 3 is 2.76 bits per heavy atom. The van der Waals surface area contributed by atoms with E-state index < -0.39 is 6.04 Å². The lowest BCUT2D eigenvalue weighted by atomic mass is 9.84. The number of likely N-dealkylation sites (tertiary alicyclic amines) is 1. The van der Waals surface area contributed by atoms with Crippen molar-refractivity contribution in [3.63, 3.8) is 0 Å². The molecular formula is C16H21FN2O2. The number of carbonyl (C=O) groups is 2. The van der Waals surface area contributed by atoms with E-state index in [2.05, 4.69) is 5.32 Å². The smallest absolute Gasteiger partial charge is 0.225 e. The fraction of sp³-hybridized carbons (Fsp3) is 0.500. The molecule has 21 heavy (non-hydrogen) atoms. The largest absolute Gasteiger partial charge is 0.354 e. The molecule has 0 spiro atoms. The fourth-order valence-corrected chi connectivity index (χ4v) is 2.85. The fourth-order valence-electron chi connectivity index (χ4n) is 2.85. The monoisotopic (exact) mass is 292 g/mol. The van der Waals surface area contributed by atoms with Gasteiger partial charge in [0.2, 0.25) is 11.8 Å². The summed E-state index contributed by atoms with van der Waals surface area (Å²) in [6.45, 7) is 3.79. The van der Waals surface area contributed by atoms with E-state index in [1.807, 2.05) is 13.8 Å². The molecule has 1 aromatic carbocycles. The third-order valence-corrected chi connectivity index (χ3v) is 3.82. The number of carbonyl (C=O) groups excluding carboxylic acids is 2. The molecular weight excluding hydrogens is 271 g/mol. The lowest BCUT2D eigenvalue weighted by Gasteiger charge is -2.38. The summed E-state index contributed by atoms with van der Waals surface area (Å²) in [5.74, 6) is -0.810. The van der Waals surface area contributed by atoms with Gasteiger partial charge in [0.1, 0.15) is 5.82 Å². The topological polar surface area (TPSA) is 49.4 Å². The van der Waals surface area contributed by atoms with Crippen molar-refractivity contribution < 1.29 is 14.0 Å². The second kappa shape index (κ2) is 6.24. The van der Waals surface area contributed by atoms with Crippen LogP contribution in [0.4, 0.5) is 4.39 Å². The zero-order valence-corrected chi connectivity index (χ0v) is 12.6. The van der Waals surface area contributed by atoms with Crippen LogP contribution < -0.4 is 5.32 Å². The number of benzene rings is 1. The van der Waals surface area contributed by atoms with Crippen molar-refractivity contribution in [3.8, 4) is 0 Å². The Labute approximate surface area is 124 Å². The van der Waals surface area contributed by atoms with Crippen LogP contribution in [0.15, 0.2) is 24.3 Å². The maximum atomic E-state index is 13.5. The van der Waals surface area contributed by atoms with Gasteiger partial charge >= 0.3 is 0 Å². The highest BCUT2D eigenvalue weighted by atomic mass is 19.1. The number of amides is 2. The molecule has 5 heteroatoms. The molecule has 0 aliphatic carbocycles. The first-order chi connectivity index (χ1) is 9.90. The van der Waals surface area contributed by atoms with Gasteiger partial charge in [-0.25, -0.2) is 4.39 Å². The molecule has 114 valence electrons. The second-order valence-electron chi connectivity index (χ2n) is 5.81. The SMILES string of the molecule is CC(C)NC(=O)[C@H]1CCC(=O)N(C)[C@@H]1c1cccc(F)c1. The predicted octanol–water partition coefficient (Wildman–Crippen LogP) is 2.26. The summed E-state index contributed by atoms with van der Waals surface area (Å²) in [7, 11) is 1.67. The maximum Gasteiger partial charge on any atom is 0.225 e. The Bertz CT molecular complexity index is 545. The van der Waals surface area contributed by atoms with E-state index in [9.17, 15) is 14.0 Å². The van der Waals surface area contributed by atoms with Crippen molar-refractivity contribution in [2.24, 2.45) is 5.92 Å². The van der Waals surface area contributed by atoms with Gasteiger partial charge in [0.25, 0.3) is 0 Å². The Hall–Kier alpha value is -1.91. The molecule has 1 aliphatic heterocycles. The highest BCUT2D eigenvalue weighted by Gasteiger charge is 2.38. The van der Waals surface area contributed by atoms with Crippen molar-refractivity contribution >= 4 is 11.8 Å². The quantitative estimate of drug-likeness (QED) is 0.929. The molecule has 2 rings (SSSR count). The van der Waals surface area contributed by atoms with Crippen LogP contribution in [0.5, 0.6) is 0 Å². The number of nitrogens with zero attached hydrogens (tertiary/aromatic N) is 1. The third-order valence-electron chi connectivity index (χ3n) is 3.82. The van der Waals surface area contributed by atoms with E-state index in [1.54, 1.807) is 24.1 Å². The first-order valence-electron chi connectivity index (χ1n) is 7.21. The minimum Gasteiger partial charge on any atom is -0.354 e. The summed E-state index contributed by atoms with van der Waals surface area (Å²) >= 11 is 0. The van der Waals surface area contributed by atoms with Crippen molar-refractivity contribution in [1.82, 2.24) is 10.2 Å². The molecule has 1 saturated heterocycles. The van der Waals surface area contributed by atoms with Crippen LogP contribution in [-0.2, 0) is 9.59 Å². The average molecular weight is 292 g/mol. The van der Waals surface area contributed by atoms with Gasteiger partial charge in [-0.15, -0.1) is 0 Å². The molecule has 4 nitrogen and oxygen atoms in total. The average Bonchev–Trinajstić information content (AvgIpc) is 2.40. The Morgan fingerprint density at radius 1 is 1.43 bits per heavy atom. The molecule has 0 radical (unpaired) electrons. The van der Waals surface area contributed by atoms with Gasteiger partial charge in [-0.2, -0.15) is 0 Å². The van der Waals surface area contributed by atoms with Crippen LogP contribution in [0.1, 0.15) is 38.3 Å². The number of rotatable bonds is 3. The van der Waals surface area contributed by atoms with Gasteiger partial charge in [0.05, 0.1) is 12.0 Å². The molecule has 1 N–H and O–H groups in total. The van der Waals surface area contributed by atoms with Crippen LogP contribution in [-0.4, -0.2) is 29.8 Å². The molecule has 2 atom stereocenters.